The van der Waals surface area contributed by atoms with E-state index in [-0.39, 0.29) is 23.1 Å². The van der Waals surface area contributed by atoms with E-state index in [1.807, 2.05) is 26.0 Å². The van der Waals surface area contributed by atoms with Gasteiger partial charge in [-0.2, -0.15) is 0 Å². The number of carbonyl (C=O) groups excluding carboxylic acids is 1. The molecule has 170 valence electrons. The van der Waals surface area contributed by atoms with E-state index in [0.29, 0.717) is 17.6 Å². The SMILES string of the molecule is CC(Oc1ccc(OC(=O)C(C)(CC(C)(C)C)C(C)(C)C)cc1)OC1CCCCC1. The van der Waals surface area contributed by atoms with Gasteiger partial charge in [0.2, 0.25) is 0 Å². The molecule has 1 aliphatic carbocycles. The quantitative estimate of drug-likeness (QED) is 0.268. The van der Waals surface area contributed by atoms with Crippen LogP contribution in [0.1, 0.15) is 93.9 Å². The van der Waals surface area contributed by atoms with Crippen molar-refractivity contribution in [2.75, 3.05) is 0 Å². The molecule has 1 aromatic carbocycles. The molecule has 30 heavy (non-hydrogen) atoms. The average molecular weight is 419 g/mol. The van der Waals surface area contributed by atoms with Gasteiger partial charge in [-0.15, -0.1) is 0 Å². The molecule has 2 atom stereocenters. The molecule has 2 unspecified atom stereocenters. The summed E-state index contributed by atoms with van der Waals surface area (Å²) in [6, 6.07) is 7.25. The molecule has 0 radical (unpaired) electrons. The molecule has 1 aromatic rings. The Kier molecular flexibility index (Phi) is 8.01. The van der Waals surface area contributed by atoms with E-state index < -0.39 is 5.41 Å². The number of hydrogen-bond donors (Lipinski definition) is 0. The van der Waals surface area contributed by atoms with E-state index in [2.05, 4.69) is 41.5 Å². The Morgan fingerprint density at radius 3 is 1.97 bits per heavy atom. The monoisotopic (exact) mass is 418 g/mol. The van der Waals surface area contributed by atoms with Crippen molar-refractivity contribution >= 4 is 5.97 Å². The zero-order chi connectivity index (χ0) is 22.6. The van der Waals surface area contributed by atoms with E-state index in [0.717, 1.165) is 19.3 Å². The molecule has 2 rings (SSSR count). The molecule has 0 heterocycles. The zero-order valence-electron chi connectivity index (χ0n) is 20.3. The Balaban J connectivity index is 1.98. The summed E-state index contributed by atoms with van der Waals surface area (Å²) in [6.07, 6.45) is 6.76. The molecule has 1 saturated carbocycles. The third-order valence-corrected chi connectivity index (χ3v) is 6.26. The van der Waals surface area contributed by atoms with Gasteiger partial charge >= 0.3 is 5.97 Å². The zero-order valence-corrected chi connectivity index (χ0v) is 20.3. The Morgan fingerprint density at radius 1 is 0.933 bits per heavy atom. The summed E-state index contributed by atoms with van der Waals surface area (Å²) in [4.78, 5) is 13.2. The van der Waals surface area contributed by atoms with Crippen LogP contribution >= 0.6 is 0 Å². The number of carbonyl (C=O) groups is 1. The van der Waals surface area contributed by atoms with Gasteiger partial charge in [0.1, 0.15) is 11.5 Å². The summed E-state index contributed by atoms with van der Waals surface area (Å²) >= 11 is 0. The lowest BCUT2D eigenvalue weighted by Gasteiger charge is -2.43. The Morgan fingerprint density at radius 2 is 1.47 bits per heavy atom. The van der Waals surface area contributed by atoms with Crippen LogP contribution in [0.2, 0.25) is 0 Å². The van der Waals surface area contributed by atoms with Crippen LogP contribution in [0.4, 0.5) is 0 Å². The van der Waals surface area contributed by atoms with Crippen molar-refractivity contribution in [1.29, 1.82) is 0 Å². The molecular formula is C26H42O4. The molecular weight excluding hydrogens is 376 g/mol. The highest BCUT2D eigenvalue weighted by molar-refractivity contribution is 5.79. The van der Waals surface area contributed by atoms with Crippen LogP contribution in [0.15, 0.2) is 24.3 Å². The Labute approximate surface area is 183 Å². The van der Waals surface area contributed by atoms with Crippen LogP contribution in [-0.4, -0.2) is 18.4 Å². The maximum atomic E-state index is 13.2. The standard InChI is InChI=1S/C26H42O4/c1-19(28-20-12-10-9-11-13-20)29-21-14-16-22(17-15-21)30-23(27)26(8,25(5,6)7)18-24(2,3)4/h14-17,19-20H,9-13,18H2,1-8H3. The van der Waals surface area contributed by atoms with Crippen molar-refractivity contribution < 1.29 is 19.0 Å². The van der Waals surface area contributed by atoms with Crippen molar-refractivity contribution in [3.05, 3.63) is 24.3 Å². The highest BCUT2D eigenvalue weighted by Crippen LogP contribution is 2.47. The number of rotatable bonds is 7. The van der Waals surface area contributed by atoms with E-state index >= 15 is 0 Å². The summed E-state index contributed by atoms with van der Waals surface area (Å²) in [5, 5.41) is 0. The van der Waals surface area contributed by atoms with Gasteiger partial charge in [-0.05, 0) is 68.2 Å². The number of hydrogen-bond acceptors (Lipinski definition) is 4. The van der Waals surface area contributed by atoms with E-state index in [9.17, 15) is 4.79 Å². The molecule has 0 bridgehead atoms. The lowest BCUT2D eigenvalue weighted by molar-refractivity contribution is -0.154. The van der Waals surface area contributed by atoms with Gasteiger partial charge in [-0.1, -0.05) is 60.8 Å². The van der Waals surface area contributed by atoms with Gasteiger partial charge in [0.05, 0.1) is 11.5 Å². The maximum absolute atomic E-state index is 13.2. The molecule has 0 saturated heterocycles. The van der Waals surface area contributed by atoms with Gasteiger partial charge in [-0.3, -0.25) is 4.79 Å². The van der Waals surface area contributed by atoms with Crippen molar-refractivity contribution in [1.82, 2.24) is 0 Å². The summed E-state index contributed by atoms with van der Waals surface area (Å²) in [6.45, 7) is 16.7. The summed E-state index contributed by atoms with van der Waals surface area (Å²) < 4.78 is 17.7. The van der Waals surface area contributed by atoms with Crippen LogP contribution < -0.4 is 9.47 Å². The minimum absolute atomic E-state index is 0.0211. The summed E-state index contributed by atoms with van der Waals surface area (Å²) in [7, 11) is 0. The third kappa shape index (κ3) is 7.01. The molecule has 0 spiro atoms. The number of benzene rings is 1. The van der Waals surface area contributed by atoms with Crippen LogP contribution in [0.3, 0.4) is 0 Å². The minimum Gasteiger partial charge on any atom is -0.465 e. The molecule has 0 N–H and O–H groups in total. The van der Waals surface area contributed by atoms with Gasteiger partial charge in [0, 0.05) is 0 Å². The molecule has 1 fully saturated rings. The smallest absolute Gasteiger partial charge is 0.317 e. The van der Waals surface area contributed by atoms with Gasteiger partial charge < -0.3 is 14.2 Å². The predicted octanol–water partition coefficient (Wildman–Crippen LogP) is 7.15. The van der Waals surface area contributed by atoms with Crippen LogP contribution in [0.5, 0.6) is 11.5 Å². The molecule has 0 amide bonds. The fraction of sp³-hybridized carbons (Fsp3) is 0.731. The van der Waals surface area contributed by atoms with Crippen LogP contribution in [0.25, 0.3) is 0 Å². The average Bonchev–Trinajstić information content (AvgIpc) is 2.61. The van der Waals surface area contributed by atoms with E-state index in [1.54, 1.807) is 12.1 Å². The van der Waals surface area contributed by atoms with Gasteiger partial charge in [-0.25, -0.2) is 0 Å². The molecule has 1 aliphatic rings. The Bertz CT molecular complexity index is 674. The van der Waals surface area contributed by atoms with E-state index in [1.165, 1.54) is 19.3 Å². The molecule has 4 nitrogen and oxygen atoms in total. The first-order chi connectivity index (χ1) is 13.8. The second-order valence-electron chi connectivity index (χ2n) is 11.3. The highest BCUT2D eigenvalue weighted by atomic mass is 16.7. The fourth-order valence-electron chi connectivity index (χ4n) is 4.20. The van der Waals surface area contributed by atoms with Crippen LogP contribution in [-0.2, 0) is 9.53 Å². The maximum Gasteiger partial charge on any atom is 0.317 e. The lowest BCUT2D eigenvalue weighted by Crippen LogP contribution is -2.45. The largest absolute Gasteiger partial charge is 0.465 e. The second kappa shape index (κ2) is 9.72. The first-order valence-corrected chi connectivity index (χ1v) is 11.4. The second-order valence-corrected chi connectivity index (χ2v) is 11.3. The van der Waals surface area contributed by atoms with Crippen molar-refractivity contribution in [2.24, 2.45) is 16.2 Å². The predicted molar refractivity (Wildman–Crippen MR) is 122 cm³/mol. The lowest BCUT2D eigenvalue weighted by atomic mass is 9.61. The topological polar surface area (TPSA) is 44.8 Å². The first-order valence-electron chi connectivity index (χ1n) is 11.4. The Hall–Kier alpha value is -1.55. The third-order valence-electron chi connectivity index (χ3n) is 6.26. The van der Waals surface area contributed by atoms with Crippen LogP contribution in [0, 0.1) is 16.2 Å². The van der Waals surface area contributed by atoms with Gasteiger partial charge in [0.25, 0.3) is 0 Å². The summed E-state index contributed by atoms with van der Waals surface area (Å²) in [5.74, 6) is 1.07. The molecule has 0 aliphatic heterocycles. The highest BCUT2D eigenvalue weighted by Gasteiger charge is 2.47. The van der Waals surface area contributed by atoms with Gasteiger partial charge in [0.15, 0.2) is 6.29 Å². The van der Waals surface area contributed by atoms with Crippen molar-refractivity contribution in [2.45, 2.75) is 106 Å². The molecule has 0 aromatic heterocycles. The van der Waals surface area contributed by atoms with E-state index in [4.69, 9.17) is 14.2 Å². The number of ether oxygens (including phenoxy) is 3. The minimum atomic E-state index is -0.594. The fourth-order valence-corrected chi connectivity index (χ4v) is 4.20. The number of esters is 1. The van der Waals surface area contributed by atoms with Crippen molar-refractivity contribution in [3.63, 3.8) is 0 Å². The normalized spacial score (nSPS) is 19.1. The first kappa shape index (κ1) is 24.7. The summed E-state index contributed by atoms with van der Waals surface area (Å²) in [5.41, 5.74) is -0.789. The van der Waals surface area contributed by atoms with Crippen molar-refractivity contribution in [3.8, 4) is 11.5 Å². The molecule has 4 heteroatoms.